The molecule has 408 valence electrons. The van der Waals surface area contributed by atoms with Crippen LogP contribution in [0, 0.1) is 0 Å². The Balaban J connectivity index is 4.95. The highest BCUT2D eigenvalue weighted by Crippen LogP contribution is 2.45. The van der Waals surface area contributed by atoms with E-state index in [4.69, 9.17) is 37.0 Å². The molecule has 17 nitrogen and oxygen atoms in total. The first-order valence-electron chi connectivity index (χ1n) is 26.8. The minimum atomic E-state index is -4.92. The van der Waals surface area contributed by atoms with Crippen molar-refractivity contribution in [3.05, 3.63) is 0 Å². The lowest BCUT2D eigenvalue weighted by molar-refractivity contribution is -0.161. The SMILES string of the molecule is CCCCCCCCCCCCCCCCCC(=O)OC[C@H](COP(=O)(O)OC[C@H](O)COP(=O)(O)OC[C@@H](COC(=O)CCCCC)OC(=O)CCCCCCCC)OC(=O)CCCCCCC. The number of aliphatic hydroxyl groups is 1. The van der Waals surface area contributed by atoms with Crippen molar-refractivity contribution in [1.82, 2.24) is 0 Å². The molecule has 0 aromatic heterocycles. The Labute approximate surface area is 416 Å². The van der Waals surface area contributed by atoms with Crippen molar-refractivity contribution in [2.24, 2.45) is 0 Å². The zero-order valence-corrected chi connectivity index (χ0v) is 45.0. The van der Waals surface area contributed by atoms with E-state index >= 15 is 0 Å². The molecule has 3 N–H and O–H groups in total. The summed E-state index contributed by atoms with van der Waals surface area (Å²) in [4.78, 5) is 70.6. The molecule has 0 aromatic carbocycles. The van der Waals surface area contributed by atoms with E-state index in [0.29, 0.717) is 25.7 Å². The van der Waals surface area contributed by atoms with Crippen LogP contribution < -0.4 is 0 Å². The number of ether oxygens (including phenoxy) is 4. The summed E-state index contributed by atoms with van der Waals surface area (Å²) in [6, 6.07) is 0. The molecule has 0 fully saturated rings. The first-order chi connectivity index (χ1) is 33.2. The van der Waals surface area contributed by atoms with Gasteiger partial charge in [0, 0.05) is 25.7 Å². The summed E-state index contributed by atoms with van der Waals surface area (Å²) in [5, 5.41) is 10.4. The minimum absolute atomic E-state index is 0.100. The first-order valence-corrected chi connectivity index (χ1v) is 29.8. The molecule has 0 aliphatic heterocycles. The molecule has 0 radical (unpaired) electrons. The molecular weight excluding hydrogens is 934 g/mol. The van der Waals surface area contributed by atoms with Crippen molar-refractivity contribution >= 4 is 39.5 Å². The van der Waals surface area contributed by atoms with E-state index < -0.39 is 97.5 Å². The maximum atomic E-state index is 12.8. The van der Waals surface area contributed by atoms with Crippen LogP contribution in [0.2, 0.25) is 0 Å². The second kappa shape index (κ2) is 45.9. The van der Waals surface area contributed by atoms with Gasteiger partial charge in [-0.05, 0) is 25.7 Å². The van der Waals surface area contributed by atoms with Gasteiger partial charge in [-0.3, -0.25) is 37.3 Å². The van der Waals surface area contributed by atoms with E-state index in [-0.39, 0.29) is 25.7 Å². The van der Waals surface area contributed by atoms with Crippen molar-refractivity contribution in [2.45, 2.75) is 258 Å². The molecule has 0 heterocycles. The van der Waals surface area contributed by atoms with Crippen molar-refractivity contribution in [1.29, 1.82) is 0 Å². The van der Waals surface area contributed by atoms with Crippen molar-refractivity contribution in [3.63, 3.8) is 0 Å². The lowest BCUT2D eigenvalue weighted by Gasteiger charge is -2.21. The van der Waals surface area contributed by atoms with Gasteiger partial charge in [-0.15, -0.1) is 0 Å². The van der Waals surface area contributed by atoms with E-state index in [1.165, 1.54) is 70.6 Å². The Morgan fingerprint density at radius 1 is 0.348 bits per heavy atom. The van der Waals surface area contributed by atoms with Gasteiger partial charge in [-0.2, -0.15) is 0 Å². The van der Waals surface area contributed by atoms with Crippen LogP contribution in [0.3, 0.4) is 0 Å². The standard InChI is InChI=1S/C50H96O17P2/c1-5-9-13-16-18-19-20-21-22-23-24-25-26-29-31-35-48(53)61-41-46(66-49(54)36-32-27-15-11-7-3)43-65-69(58,59)63-39-44(51)38-62-68(56,57)64-42-45(40-60-47(52)34-30-12-8-4)67-50(55)37-33-28-17-14-10-6-2/h44-46,51H,5-43H2,1-4H3,(H,56,57)(H,58,59)/t44-,45-,46-/m1/s1. The summed E-state index contributed by atoms with van der Waals surface area (Å²) < 4.78 is 66.6. The monoisotopic (exact) mass is 1030 g/mol. The predicted molar refractivity (Wildman–Crippen MR) is 266 cm³/mol. The Morgan fingerprint density at radius 2 is 0.580 bits per heavy atom. The van der Waals surface area contributed by atoms with E-state index in [1.807, 2.05) is 6.92 Å². The Morgan fingerprint density at radius 3 is 0.884 bits per heavy atom. The van der Waals surface area contributed by atoms with E-state index in [1.54, 1.807) is 0 Å². The Kier molecular flexibility index (Phi) is 44.6. The van der Waals surface area contributed by atoms with Crippen LogP contribution in [0.4, 0.5) is 0 Å². The molecule has 5 atom stereocenters. The van der Waals surface area contributed by atoms with Gasteiger partial charge in [0.1, 0.15) is 19.3 Å². The lowest BCUT2D eigenvalue weighted by Crippen LogP contribution is -2.30. The second-order valence-electron chi connectivity index (χ2n) is 18.2. The van der Waals surface area contributed by atoms with Gasteiger partial charge >= 0.3 is 39.5 Å². The van der Waals surface area contributed by atoms with Crippen molar-refractivity contribution in [2.75, 3.05) is 39.6 Å². The molecule has 0 saturated carbocycles. The quantitative estimate of drug-likeness (QED) is 0.0222. The van der Waals surface area contributed by atoms with Gasteiger partial charge in [-0.1, -0.05) is 188 Å². The van der Waals surface area contributed by atoms with Crippen molar-refractivity contribution in [3.8, 4) is 0 Å². The van der Waals surface area contributed by atoms with E-state index in [9.17, 15) is 43.2 Å². The van der Waals surface area contributed by atoms with Crippen LogP contribution in [-0.2, 0) is 65.4 Å². The molecule has 0 aromatic rings. The molecule has 0 rings (SSSR count). The third-order valence-corrected chi connectivity index (χ3v) is 13.3. The number of esters is 4. The summed E-state index contributed by atoms with van der Waals surface area (Å²) in [6.07, 6.45) is 26.8. The predicted octanol–water partition coefficient (Wildman–Crippen LogP) is 12.5. The van der Waals surface area contributed by atoms with E-state index in [2.05, 4.69) is 20.8 Å². The maximum absolute atomic E-state index is 12.8. The molecule has 69 heavy (non-hydrogen) atoms. The second-order valence-corrected chi connectivity index (χ2v) is 21.1. The number of phosphoric ester groups is 2. The number of hydrogen-bond donors (Lipinski definition) is 3. The van der Waals surface area contributed by atoms with Gasteiger partial charge < -0.3 is 33.8 Å². The molecule has 0 spiro atoms. The molecular formula is C50H96O17P2. The van der Waals surface area contributed by atoms with Gasteiger partial charge in [0.25, 0.3) is 0 Å². The zero-order chi connectivity index (χ0) is 51.3. The zero-order valence-electron chi connectivity index (χ0n) is 43.3. The molecule has 0 aliphatic carbocycles. The van der Waals surface area contributed by atoms with E-state index in [0.717, 1.165) is 89.9 Å². The molecule has 0 bridgehead atoms. The number of carbonyl (C=O) groups excluding carboxylic acids is 4. The molecule has 0 amide bonds. The first kappa shape index (κ1) is 67.1. The number of phosphoric acid groups is 2. The largest absolute Gasteiger partial charge is 0.472 e. The van der Waals surface area contributed by atoms with Crippen LogP contribution in [0.15, 0.2) is 0 Å². The normalized spacial score (nSPS) is 14.6. The Hall–Kier alpha value is -1.94. The number of carbonyl (C=O) groups is 4. The van der Waals surface area contributed by atoms with Crippen LogP contribution in [-0.4, -0.2) is 96.7 Å². The van der Waals surface area contributed by atoms with Crippen LogP contribution >= 0.6 is 15.6 Å². The smallest absolute Gasteiger partial charge is 0.462 e. The van der Waals surface area contributed by atoms with Gasteiger partial charge in [0.2, 0.25) is 0 Å². The average Bonchev–Trinajstić information content (AvgIpc) is 3.31. The number of unbranched alkanes of at least 4 members (excludes halogenated alkanes) is 25. The number of aliphatic hydroxyl groups excluding tert-OH is 1. The third-order valence-electron chi connectivity index (χ3n) is 11.4. The number of hydrogen-bond acceptors (Lipinski definition) is 15. The molecule has 0 aliphatic rings. The topological polar surface area (TPSA) is 237 Å². The van der Waals surface area contributed by atoms with Crippen LogP contribution in [0.25, 0.3) is 0 Å². The fourth-order valence-electron chi connectivity index (χ4n) is 7.16. The van der Waals surface area contributed by atoms with Gasteiger partial charge in [-0.25, -0.2) is 9.13 Å². The molecule has 19 heteroatoms. The highest BCUT2D eigenvalue weighted by atomic mass is 31.2. The summed E-state index contributed by atoms with van der Waals surface area (Å²) in [6.45, 7) is 4.45. The Bertz CT molecular complexity index is 1370. The number of rotatable bonds is 51. The third kappa shape index (κ3) is 45.7. The minimum Gasteiger partial charge on any atom is -0.462 e. The summed E-state index contributed by atoms with van der Waals surface area (Å²) in [5.41, 5.74) is 0. The van der Waals surface area contributed by atoms with Crippen LogP contribution in [0.5, 0.6) is 0 Å². The van der Waals surface area contributed by atoms with Crippen molar-refractivity contribution < 1.29 is 80.2 Å². The molecule has 0 saturated heterocycles. The van der Waals surface area contributed by atoms with Gasteiger partial charge in [0.15, 0.2) is 12.2 Å². The summed E-state index contributed by atoms with van der Waals surface area (Å²) >= 11 is 0. The van der Waals surface area contributed by atoms with Crippen LogP contribution in [0.1, 0.15) is 240 Å². The fraction of sp³-hybridized carbons (Fsp3) is 0.920. The average molecular weight is 1030 g/mol. The highest BCUT2D eigenvalue weighted by Gasteiger charge is 2.30. The maximum Gasteiger partial charge on any atom is 0.472 e. The fourth-order valence-corrected chi connectivity index (χ4v) is 8.74. The highest BCUT2D eigenvalue weighted by molar-refractivity contribution is 7.47. The summed E-state index contributed by atoms with van der Waals surface area (Å²) in [7, 11) is -9.82. The molecule has 2 unspecified atom stereocenters. The lowest BCUT2D eigenvalue weighted by atomic mass is 10.0. The van der Waals surface area contributed by atoms with Gasteiger partial charge in [0.05, 0.1) is 26.4 Å². The summed E-state index contributed by atoms with van der Waals surface area (Å²) in [5.74, 6) is -2.20.